The first kappa shape index (κ1) is 22.9. The van der Waals surface area contributed by atoms with E-state index in [1.54, 1.807) is 12.1 Å². The van der Waals surface area contributed by atoms with E-state index in [0.717, 1.165) is 18.2 Å². The predicted octanol–water partition coefficient (Wildman–Crippen LogP) is 4.79. The molecule has 0 bridgehead atoms. The number of aliphatic hydroxyl groups is 1. The topological polar surface area (TPSA) is 78.2 Å². The highest BCUT2D eigenvalue weighted by Crippen LogP contribution is 2.35. The van der Waals surface area contributed by atoms with E-state index in [1.807, 2.05) is 0 Å². The highest BCUT2D eigenvalue weighted by molar-refractivity contribution is 5.88. The lowest BCUT2D eigenvalue weighted by Crippen LogP contribution is -2.46. The summed E-state index contributed by atoms with van der Waals surface area (Å²) < 4.78 is 72.2. The van der Waals surface area contributed by atoms with Gasteiger partial charge < -0.3 is 15.2 Å². The van der Waals surface area contributed by atoms with Crippen molar-refractivity contribution in [2.45, 2.75) is 43.8 Å². The van der Waals surface area contributed by atoms with Gasteiger partial charge in [0.25, 0.3) is 0 Å². The van der Waals surface area contributed by atoms with Gasteiger partial charge in [-0.15, -0.1) is 0 Å². The maximum absolute atomic E-state index is 14.8. The van der Waals surface area contributed by atoms with Crippen LogP contribution in [0.5, 0.6) is 5.75 Å². The number of benzene rings is 2. The van der Waals surface area contributed by atoms with E-state index in [-0.39, 0.29) is 30.0 Å². The van der Waals surface area contributed by atoms with Gasteiger partial charge in [0, 0.05) is 41.5 Å². The first-order valence-corrected chi connectivity index (χ1v) is 10.1. The SMILES string of the molecule is N#CC(O)c1cc(F)c(CNC2CC(Oc3ccc(F)c(C(F)(F)F)c3)C2)c2ccncc12. The zero-order valence-corrected chi connectivity index (χ0v) is 17.0. The fraction of sp³-hybridized carbons (Fsp3) is 0.304. The van der Waals surface area contributed by atoms with Gasteiger partial charge >= 0.3 is 6.18 Å². The first-order valence-electron chi connectivity index (χ1n) is 10.1. The minimum Gasteiger partial charge on any atom is -0.490 e. The number of nitrogens with zero attached hydrogens (tertiary/aromatic N) is 2. The Bertz CT molecular complexity index is 1220. The minimum absolute atomic E-state index is 0.0572. The molecule has 0 amide bonds. The first-order chi connectivity index (χ1) is 15.7. The molecule has 33 heavy (non-hydrogen) atoms. The van der Waals surface area contributed by atoms with Crippen molar-refractivity contribution in [3.8, 4) is 11.8 Å². The molecular formula is C23H18F5N3O2. The van der Waals surface area contributed by atoms with Crippen LogP contribution in [-0.2, 0) is 12.7 Å². The van der Waals surface area contributed by atoms with Crippen LogP contribution in [0.25, 0.3) is 10.8 Å². The Labute approximate surface area is 185 Å². The highest BCUT2D eigenvalue weighted by atomic mass is 19.4. The van der Waals surface area contributed by atoms with Crippen molar-refractivity contribution in [2.75, 3.05) is 0 Å². The number of rotatable bonds is 6. The van der Waals surface area contributed by atoms with E-state index in [2.05, 4.69) is 10.3 Å². The molecule has 1 unspecified atom stereocenters. The molecule has 1 aliphatic rings. The van der Waals surface area contributed by atoms with Crippen molar-refractivity contribution >= 4 is 10.8 Å². The molecule has 3 aromatic rings. The van der Waals surface area contributed by atoms with Crippen LogP contribution in [-0.4, -0.2) is 22.2 Å². The largest absolute Gasteiger partial charge is 0.490 e. The zero-order valence-electron chi connectivity index (χ0n) is 17.0. The standard InChI is InChI=1S/C23H18F5N3O2/c24-20-2-1-13(7-19(20)23(26,27)28)33-14-5-12(6-14)31-11-18-15-3-4-30-10-17(15)16(8-21(18)25)22(32)9-29/h1-4,7-8,10,12,14,22,31-32H,5-6,11H2. The number of hydrogen-bond donors (Lipinski definition) is 2. The van der Waals surface area contributed by atoms with Crippen LogP contribution in [0.2, 0.25) is 0 Å². The number of pyridine rings is 1. The molecule has 2 N–H and O–H groups in total. The Morgan fingerprint density at radius 1 is 1.15 bits per heavy atom. The molecule has 1 fully saturated rings. The number of ether oxygens (including phenoxy) is 1. The number of fused-ring (bicyclic) bond motifs is 1. The van der Waals surface area contributed by atoms with E-state index < -0.39 is 29.5 Å². The third kappa shape index (κ3) is 4.74. The van der Waals surface area contributed by atoms with Crippen molar-refractivity contribution in [2.24, 2.45) is 0 Å². The van der Waals surface area contributed by atoms with Crippen LogP contribution in [0.3, 0.4) is 0 Å². The zero-order chi connectivity index (χ0) is 23.8. The van der Waals surface area contributed by atoms with Gasteiger partial charge in [0.15, 0.2) is 6.10 Å². The monoisotopic (exact) mass is 463 g/mol. The smallest absolute Gasteiger partial charge is 0.419 e. The van der Waals surface area contributed by atoms with Crippen LogP contribution in [0.4, 0.5) is 22.0 Å². The number of nitriles is 1. The molecule has 4 rings (SSSR count). The number of hydrogen-bond acceptors (Lipinski definition) is 5. The number of alkyl halides is 3. The van der Waals surface area contributed by atoms with Gasteiger partial charge in [0.05, 0.1) is 11.6 Å². The van der Waals surface area contributed by atoms with Gasteiger partial charge in [-0.1, -0.05) is 0 Å². The minimum atomic E-state index is -4.81. The summed E-state index contributed by atoms with van der Waals surface area (Å²) >= 11 is 0. The fourth-order valence-corrected chi connectivity index (χ4v) is 3.86. The molecule has 1 atom stereocenters. The van der Waals surface area contributed by atoms with Crippen molar-refractivity contribution in [1.29, 1.82) is 5.26 Å². The Kier molecular flexibility index (Phi) is 6.19. The van der Waals surface area contributed by atoms with E-state index >= 15 is 0 Å². The Morgan fingerprint density at radius 3 is 2.61 bits per heavy atom. The number of halogens is 5. The molecule has 0 aliphatic heterocycles. The average molecular weight is 463 g/mol. The van der Waals surface area contributed by atoms with Crippen LogP contribution < -0.4 is 10.1 Å². The summed E-state index contributed by atoms with van der Waals surface area (Å²) in [5.74, 6) is -2.01. The van der Waals surface area contributed by atoms with Gasteiger partial charge in [-0.05, 0) is 48.6 Å². The summed E-state index contributed by atoms with van der Waals surface area (Å²) in [7, 11) is 0. The predicted molar refractivity (Wildman–Crippen MR) is 108 cm³/mol. The molecule has 5 nitrogen and oxygen atoms in total. The number of aliphatic hydroxyl groups excluding tert-OH is 1. The molecule has 0 radical (unpaired) electrons. The lowest BCUT2D eigenvalue weighted by atomic mass is 9.88. The normalized spacial score (nSPS) is 19.1. The Balaban J connectivity index is 1.40. The molecule has 1 saturated carbocycles. The molecular weight excluding hydrogens is 445 g/mol. The summed E-state index contributed by atoms with van der Waals surface area (Å²) in [6.07, 6.45) is -2.75. The van der Waals surface area contributed by atoms with Gasteiger partial charge in [-0.2, -0.15) is 18.4 Å². The van der Waals surface area contributed by atoms with Crippen molar-refractivity contribution in [3.63, 3.8) is 0 Å². The molecule has 172 valence electrons. The number of aromatic nitrogens is 1. The highest BCUT2D eigenvalue weighted by Gasteiger charge is 2.36. The third-order valence-corrected chi connectivity index (χ3v) is 5.65. The fourth-order valence-electron chi connectivity index (χ4n) is 3.86. The van der Waals surface area contributed by atoms with E-state index in [0.29, 0.717) is 35.2 Å². The van der Waals surface area contributed by atoms with Gasteiger partial charge in [-0.3, -0.25) is 4.98 Å². The summed E-state index contributed by atoms with van der Waals surface area (Å²) in [5.41, 5.74) is -0.897. The maximum atomic E-state index is 14.8. The summed E-state index contributed by atoms with van der Waals surface area (Å²) in [4.78, 5) is 3.99. The molecule has 0 spiro atoms. The third-order valence-electron chi connectivity index (χ3n) is 5.65. The van der Waals surface area contributed by atoms with E-state index in [1.165, 1.54) is 12.4 Å². The van der Waals surface area contributed by atoms with Crippen LogP contribution in [0.1, 0.15) is 35.6 Å². The van der Waals surface area contributed by atoms with Crippen molar-refractivity contribution < 1.29 is 31.8 Å². The Hall–Kier alpha value is -3.29. The summed E-state index contributed by atoms with van der Waals surface area (Å²) in [6, 6.07) is 6.86. The van der Waals surface area contributed by atoms with Crippen molar-refractivity contribution in [3.05, 3.63) is 71.1 Å². The molecule has 1 aromatic heterocycles. The maximum Gasteiger partial charge on any atom is 0.419 e. The lowest BCUT2D eigenvalue weighted by molar-refractivity contribution is -0.140. The van der Waals surface area contributed by atoms with Crippen LogP contribution in [0, 0.1) is 23.0 Å². The van der Waals surface area contributed by atoms with Crippen molar-refractivity contribution in [1.82, 2.24) is 10.3 Å². The van der Waals surface area contributed by atoms with Crippen LogP contribution >= 0.6 is 0 Å². The van der Waals surface area contributed by atoms with E-state index in [9.17, 15) is 27.1 Å². The summed E-state index contributed by atoms with van der Waals surface area (Å²) in [6.45, 7) is 0.154. The summed E-state index contributed by atoms with van der Waals surface area (Å²) in [5, 5.41) is 23.0. The molecule has 2 aromatic carbocycles. The molecule has 1 aliphatic carbocycles. The van der Waals surface area contributed by atoms with Gasteiger partial charge in [0.1, 0.15) is 23.5 Å². The second kappa shape index (κ2) is 8.92. The number of nitrogens with one attached hydrogen (secondary N) is 1. The lowest BCUT2D eigenvalue weighted by Gasteiger charge is -2.36. The molecule has 0 saturated heterocycles. The van der Waals surface area contributed by atoms with Gasteiger partial charge in [0.2, 0.25) is 0 Å². The van der Waals surface area contributed by atoms with Crippen LogP contribution in [0.15, 0.2) is 42.7 Å². The van der Waals surface area contributed by atoms with Gasteiger partial charge in [-0.25, -0.2) is 8.78 Å². The second-order valence-electron chi connectivity index (χ2n) is 7.81. The van der Waals surface area contributed by atoms with E-state index in [4.69, 9.17) is 10.00 Å². The quantitative estimate of drug-likeness (QED) is 0.406. The molecule has 10 heteroatoms. The Morgan fingerprint density at radius 2 is 1.91 bits per heavy atom. The second-order valence-corrected chi connectivity index (χ2v) is 7.81. The average Bonchev–Trinajstić information content (AvgIpc) is 2.75. The molecule has 1 heterocycles.